The molecule has 1 fully saturated rings. The number of carbonyl (C=O) groups is 1. The van der Waals surface area contributed by atoms with Gasteiger partial charge in [0.25, 0.3) is 5.91 Å². The van der Waals surface area contributed by atoms with Gasteiger partial charge in [0, 0.05) is 6.07 Å². The molecule has 1 N–H and O–H groups in total. The van der Waals surface area contributed by atoms with Crippen LogP contribution < -0.4 is 4.74 Å². The SMILES string of the molecule is CCCCOc1cccc(C(=O)N2C(CO)CCC2c2ccc(Cl)c(Cl)c2)n1. The summed E-state index contributed by atoms with van der Waals surface area (Å²) in [6.07, 6.45) is 3.40. The Labute approximate surface area is 175 Å². The topological polar surface area (TPSA) is 62.7 Å². The van der Waals surface area contributed by atoms with E-state index in [1.54, 1.807) is 35.2 Å². The number of aliphatic hydroxyl groups is 1. The lowest BCUT2D eigenvalue weighted by Crippen LogP contribution is -2.39. The van der Waals surface area contributed by atoms with Gasteiger partial charge in [-0.1, -0.05) is 48.7 Å². The normalized spacial score (nSPS) is 19.1. The second kappa shape index (κ2) is 9.59. The molecule has 3 rings (SSSR count). The quantitative estimate of drug-likeness (QED) is 0.644. The molecule has 0 bridgehead atoms. The Morgan fingerprint density at radius 3 is 2.79 bits per heavy atom. The fourth-order valence-corrected chi connectivity index (χ4v) is 3.79. The van der Waals surface area contributed by atoms with Crippen LogP contribution >= 0.6 is 23.2 Å². The Morgan fingerprint density at radius 1 is 1.25 bits per heavy atom. The van der Waals surface area contributed by atoms with Crippen LogP contribution in [0.3, 0.4) is 0 Å². The van der Waals surface area contributed by atoms with E-state index in [2.05, 4.69) is 11.9 Å². The predicted octanol–water partition coefficient (Wildman–Crippen LogP) is 4.91. The molecule has 2 aromatic rings. The Balaban J connectivity index is 1.86. The van der Waals surface area contributed by atoms with Crippen molar-refractivity contribution in [3.63, 3.8) is 0 Å². The number of aromatic nitrogens is 1. The molecule has 1 amide bonds. The number of amides is 1. The van der Waals surface area contributed by atoms with E-state index in [1.807, 2.05) is 6.07 Å². The number of hydrogen-bond donors (Lipinski definition) is 1. The predicted molar refractivity (Wildman–Crippen MR) is 110 cm³/mol. The van der Waals surface area contributed by atoms with Crippen LogP contribution in [0, 0.1) is 0 Å². The van der Waals surface area contributed by atoms with Gasteiger partial charge in [-0.15, -0.1) is 0 Å². The first kappa shape index (κ1) is 20.9. The van der Waals surface area contributed by atoms with E-state index in [0.29, 0.717) is 34.6 Å². The summed E-state index contributed by atoms with van der Waals surface area (Å²) in [4.78, 5) is 19.4. The number of nitrogens with zero attached hydrogens (tertiary/aromatic N) is 2. The Bertz CT molecular complexity index is 831. The van der Waals surface area contributed by atoms with Crippen LogP contribution in [0.15, 0.2) is 36.4 Å². The largest absolute Gasteiger partial charge is 0.478 e. The molecule has 2 atom stereocenters. The lowest BCUT2D eigenvalue weighted by molar-refractivity contribution is 0.0587. The molecule has 0 spiro atoms. The standard InChI is InChI=1S/C21H24Cl2N2O3/c1-2-3-11-28-20-6-4-5-18(24-20)21(27)25-15(13-26)8-10-19(25)14-7-9-16(22)17(23)12-14/h4-7,9,12,15,19,26H,2-3,8,10-11,13H2,1H3. The zero-order valence-electron chi connectivity index (χ0n) is 15.8. The lowest BCUT2D eigenvalue weighted by Gasteiger charge is -2.30. The second-order valence-electron chi connectivity index (χ2n) is 6.88. The molecule has 1 aliphatic heterocycles. The number of unbranched alkanes of at least 4 members (excludes halogenated alkanes) is 1. The molecule has 28 heavy (non-hydrogen) atoms. The second-order valence-corrected chi connectivity index (χ2v) is 7.69. The van der Waals surface area contributed by atoms with Crippen molar-refractivity contribution in [1.82, 2.24) is 9.88 Å². The lowest BCUT2D eigenvalue weighted by atomic mass is 10.0. The number of rotatable bonds is 7. The highest BCUT2D eigenvalue weighted by atomic mass is 35.5. The molecule has 150 valence electrons. The first-order valence-electron chi connectivity index (χ1n) is 9.53. The van der Waals surface area contributed by atoms with E-state index in [1.165, 1.54) is 0 Å². The van der Waals surface area contributed by atoms with E-state index in [-0.39, 0.29) is 24.6 Å². The zero-order chi connectivity index (χ0) is 20.1. The van der Waals surface area contributed by atoms with Crippen LogP contribution in [0.2, 0.25) is 10.0 Å². The van der Waals surface area contributed by atoms with E-state index < -0.39 is 0 Å². The summed E-state index contributed by atoms with van der Waals surface area (Å²) >= 11 is 12.2. The maximum Gasteiger partial charge on any atom is 0.273 e. The average Bonchev–Trinajstić information content (AvgIpc) is 3.14. The summed E-state index contributed by atoms with van der Waals surface area (Å²) in [7, 11) is 0. The van der Waals surface area contributed by atoms with Crippen LogP contribution in [0.25, 0.3) is 0 Å². The minimum atomic E-state index is -0.265. The van der Waals surface area contributed by atoms with Gasteiger partial charge in [-0.25, -0.2) is 4.98 Å². The molecular weight excluding hydrogens is 399 g/mol. The van der Waals surface area contributed by atoms with Crippen molar-refractivity contribution in [1.29, 1.82) is 0 Å². The fourth-order valence-electron chi connectivity index (χ4n) is 3.48. The summed E-state index contributed by atoms with van der Waals surface area (Å²) in [5.74, 6) is 0.207. The Morgan fingerprint density at radius 2 is 2.07 bits per heavy atom. The van der Waals surface area contributed by atoms with E-state index in [0.717, 1.165) is 24.8 Å². The molecule has 1 aromatic heterocycles. The molecule has 1 aliphatic rings. The van der Waals surface area contributed by atoms with Gasteiger partial charge in [-0.2, -0.15) is 0 Å². The minimum absolute atomic E-state index is 0.101. The smallest absolute Gasteiger partial charge is 0.273 e. The summed E-state index contributed by atoms with van der Waals surface area (Å²) in [5, 5.41) is 10.7. The van der Waals surface area contributed by atoms with Gasteiger partial charge in [-0.05, 0) is 43.0 Å². The van der Waals surface area contributed by atoms with Gasteiger partial charge in [0.2, 0.25) is 5.88 Å². The number of halogens is 2. The maximum absolute atomic E-state index is 13.3. The monoisotopic (exact) mass is 422 g/mol. The Kier molecular flexibility index (Phi) is 7.16. The van der Waals surface area contributed by atoms with Crippen molar-refractivity contribution < 1.29 is 14.6 Å². The van der Waals surface area contributed by atoms with Crippen LogP contribution in [0.1, 0.15) is 54.7 Å². The number of ether oxygens (including phenoxy) is 1. The van der Waals surface area contributed by atoms with Gasteiger partial charge in [0.15, 0.2) is 0 Å². The van der Waals surface area contributed by atoms with Gasteiger partial charge < -0.3 is 14.7 Å². The van der Waals surface area contributed by atoms with Crippen molar-refractivity contribution in [2.24, 2.45) is 0 Å². The number of hydrogen-bond acceptors (Lipinski definition) is 4. The number of benzene rings is 1. The highest BCUT2D eigenvalue weighted by Gasteiger charge is 2.38. The summed E-state index contributed by atoms with van der Waals surface area (Å²) in [6.45, 7) is 2.55. The molecule has 7 heteroatoms. The van der Waals surface area contributed by atoms with Crippen LogP contribution in [0.5, 0.6) is 5.88 Å². The summed E-state index contributed by atoms with van der Waals surface area (Å²) in [5.41, 5.74) is 1.20. The zero-order valence-corrected chi connectivity index (χ0v) is 17.3. The van der Waals surface area contributed by atoms with Crippen LogP contribution in [0.4, 0.5) is 0 Å². The van der Waals surface area contributed by atoms with Gasteiger partial charge in [0.1, 0.15) is 5.69 Å². The van der Waals surface area contributed by atoms with Crippen LogP contribution in [-0.4, -0.2) is 40.2 Å². The van der Waals surface area contributed by atoms with E-state index >= 15 is 0 Å². The summed E-state index contributed by atoms with van der Waals surface area (Å²) < 4.78 is 5.63. The van der Waals surface area contributed by atoms with Crippen molar-refractivity contribution in [3.8, 4) is 5.88 Å². The number of likely N-dealkylation sites (tertiary alicyclic amines) is 1. The molecule has 0 aliphatic carbocycles. The molecule has 0 radical (unpaired) electrons. The maximum atomic E-state index is 13.3. The average molecular weight is 423 g/mol. The van der Waals surface area contributed by atoms with E-state index in [9.17, 15) is 9.90 Å². The fraction of sp³-hybridized carbons (Fsp3) is 0.429. The van der Waals surface area contributed by atoms with Crippen molar-refractivity contribution in [3.05, 3.63) is 57.7 Å². The van der Waals surface area contributed by atoms with Crippen LogP contribution in [-0.2, 0) is 0 Å². The van der Waals surface area contributed by atoms with E-state index in [4.69, 9.17) is 27.9 Å². The third-order valence-electron chi connectivity index (χ3n) is 4.97. The highest BCUT2D eigenvalue weighted by molar-refractivity contribution is 6.42. The molecule has 2 heterocycles. The number of carbonyl (C=O) groups excluding carboxylic acids is 1. The van der Waals surface area contributed by atoms with Crippen molar-refractivity contribution in [2.75, 3.05) is 13.2 Å². The van der Waals surface area contributed by atoms with Crippen molar-refractivity contribution in [2.45, 2.75) is 44.7 Å². The number of pyridine rings is 1. The Hall–Kier alpha value is -1.82. The molecular formula is C21H24Cl2N2O3. The van der Waals surface area contributed by atoms with Crippen molar-refractivity contribution >= 4 is 29.1 Å². The molecule has 5 nitrogen and oxygen atoms in total. The minimum Gasteiger partial charge on any atom is -0.478 e. The molecule has 2 unspecified atom stereocenters. The highest BCUT2D eigenvalue weighted by Crippen LogP contribution is 2.39. The number of aliphatic hydroxyl groups excluding tert-OH is 1. The molecule has 1 saturated heterocycles. The first-order chi connectivity index (χ1) is 13.5. The third-order valence-corrected chi connectivity index (χ3v) is 5.71. The first-order valence-corrected chi connectivity index (χ1v) is 10.3. The van der Waals surface area contributed by atoms with Gasteiger partial charge >= 0.3 is 0 Å². The molecule has 0 saturated carbocycles. The molecule has 1 aromatic carbocycles. The summed E-state index contributed by atoms with van der Waals surface area (Å²) in [6, 6.07) is 10.1. The van der Waals surface area contributed by atoms with Gasteiger partial charge in [-0.3, -0.25) is 4.79 Å². The van der Waals surface area contributed by atoms with Gasteiger partial charge in [0.05, 0.1) is 35.3 Å². The third kappa shape index (κ3) is 4.59.